The third-order valence-electron chi connectivity index (χ3n) is 4.64. The average Bonchev–Trinajstić information content (AvgIpc) is 3.51. The van der Waals surface area contributed by atoms with E-state index in [4.69, 9.17) is 9.47 Å². The molecule has 0 N–H and O–H groups in total. The summed E-state index contributed by atoms with van der Waals surface area (Å²) in [5.41, 5.74) is 5.45. The summed E-state index contributed by atoms with van der Waals surface area (Å²) >= 11 is 0. The lowest BCUT2D eigenvalue weighted by atomic mass is 10.0. The fraction of sp³-hybridized carbons (Fsp3) is 0.480. The Hall–Kier alpha value is -2.33. The number of benzene rings is 1. The number of methoxy groups -OCH3 is 1. The van der Waals surface area contributed by atoms with Crippen molar-refractivity contribution >= 4 is 5.65 Å². The third kappa shape index (κ3) is 5.60. The number of hydrogen-bond donors (Lipinski definition) is 0. The van der Waals surface area contributed by atoms with Gasteiger partial charge in [-0.2, -0.15) is 0 Å². The molecule has 2 atom stereocenters. The highest BCUT2D eigenvalue weighted by Gasteiger charge is 2.40. The van der Waals surface area contributed by atoms with Crippen LogP contribution in [0.15, 0.2) is 42.6 Å². The molecular weight excluding hydrogens is 360 g/mol. The molecule has 0 amide bonds. The van der Waals surface area contributed by atoms with Crippen LogP contribution >= 0.6 is 0 Å². The first-order valence-electron chi connectivity index (χ1n) is 10.9. The normalized spacial score (nSPS) is 16.4. The van der Waals surface area contributed by atoms with E-state index < -0.39 is 0 Å². The maximum Gasteiger partial charge on any atom is 0.180 e. The zero-order valence-corrected chi connectivity index (χ0v) is 19.6. The summed E-state index contributed by atoms with van der Waals surface area (Å²) in [5, 5.41) is 0. The zero-order chi connectivity index (χ0) is 22.0. The number of epoxide rings is 1. The molecule has 0 bridgehead atoms. The third-order valence-corrected chi connectivity index (χ3v) is 4.64. The van der Waals surface area contributed by atoms with E-state index in [9.17, 15) is 0 Å². The number of fused-ring (bicyclic) bond motifs is 1. The molecule has 3 aromatic rings. The fourth-order valence-corrected chi connectivity index (χ4v) is 3.19. The van der Waals surface area contributed by atoms with Crippen molar-refractivity contribution in [1.29, 1.82) is 0 Å². The van der Waals surface area contributed by atoms with Crippen LogP contribution in [0.2, 0.25) is 0 Å². The minimum Gasteiger partial charge on any atom is -0.493 e. The summed E-state index contributed by atoms with van der Waals surface area (Å²) in [6, 6.07) is 12.5. The summed E-state index contributed by atoms with van der Waals surface area (Å²) in [7, 11) is 1.71. The molecule has 0 radical (unpaired) electrons. The summed E-state index contributed by atoms with van der Waals surface area (Å²) in [5.74, 6) is 0.853. The van der Waals surface area contributed by atoms with E-state index in [0.29, 0.717) is 0 Å². The van der Waals surface area contributed by atoms with Crippen molar-refractivity contribution in [2.45, 2.75) is 74.0 Å². The van der Waals surface area contributed by atoms with Crippen LogP contribution in [-0.4, -0.2) is 22.6 Å². The lowest BCUT2D eigenvalue weighted by Gasteiger charge is -2.09. The summed E-state index contributed by atoms with van der Waals surface area (Å²) in [6.07, 6.45) is 3.32. The molecule has 4 nitrogen and oxygen atoms in total. The summed E-state index contributed by atoms with van der Waals surface area (Å²) in [4.78, 5) is 4.65. The second kappa shape index (κ2) is 12.3. The minimum absolute atomic E-state index is 0.195. The lowest BCUT2D eigenvalue weighted by molar-refractivity contribution is 0.368. The number of hydrogen-bond acceptors (Lipinski definition) is 3. The second-order valence-electron chi connectivity index (χ2n) is 6.06. The average molecular weight is 399 g/mol. The smallest absolute Gasteiger partial charge is 0.180 e. The molecule has 160 valence electrons. The Labute approximate surface area is 176 Å². The molecule has 29 heavy (non-hydrogen) atoms. The molecule has 2 aromatic heterocycles. The van der Waals surface area contributed by atoms with Gasteiger partial charge in [0, 0.05) is 23.9 Å². The maximum atomic E-state index is 5.86. The van der Waals surface area contributed by atoms with Gasteiger partial charge in [-0.05, 0) is 25.5 Å². The lowest BCUT2D eigenvalue weighted by Crippen LogP contribution is -2.02. The number of nitrogens with zero attached hydrogens (tertiary/aromatic N) is 2. The van der Waals surface area contributed by atoms with Crippen LogP contribution in [0.4, 0.5) is 0 Å². The van der Waals surface area contributed by atoms with E-state index in [1.807, 2.05) is 54.5 Å². The van der Waals surface area contributed by atoms with Crippen molar-refractivity contribution in [3.8, 4) is 5.75 Å². The van der Waals surface area contributed by atoms with Crippen LogP contribution in [0.5, 0.6) is 5.75 Å². The van der Waals surface area contributed by atoms with Gasteiger partial charge in [-0.15, -0.1) is 0 Å². The molecule has 1 saturated heterocycles. The molecule has 1 aliphatic heterocycles. The van der Waals surface area contributed by atoms with Crippen LogP contribution in [0.1, 0.15) is 70.2 Å². The molecule has 0 aliphatic carbocycles. The van der Waals surface area contributed by atoms with Crippen molar-refractivity contribution in [1.82, 2.24) is 9.38 Å². The van der Waals surface area contributed by atoms with Crippen molar-refractivity contribution in [2.24, 2.45) is 0 Å². The number of pyridine rings is 1. The number of aromatic nitrogens is 2. The minimum atomic E-state index is 0.195. The van der Waals surface area contributed by atoms with Crippen LogP contribution in [0.25, 0.3) is 5.65 Å². The van der Waals surface area contributed by atoms with Gasteiger partial charge in [0.15, 0.2) is 11.4 Å². The van der Waals surface area contributed by atoms with Gasteiger partial charge in [0.25, 0.3) is 0 Å². The fourth-order valence-electron chi connectivity index (χ4n) is 3.19. The number of rotatable bonds is 4. The molecule has 2 unspecified atom stereocenters. The summed E-state index contributed by atoms with van der Waals surface area (Å²) < 4.78 is 13.6. The van der Waals surface area contributed by atoms with E-state index in [2.05, 4.69) is 52.8 Å². The van der Waals surface area contributed by atoms with Crippen LogP contribution < -0.4 is 4.74 Å². The Morgan fingerprint density at radius 2 is 1.59 bits per heavy atom. The van der Waals surface area contributed by atoms with Gasteiger partial charge < -0.3 is 13.9 Å². The van der Waals surface area contributed by atoms with Crippen LogP contribution in [-0.2, 0) is 11.2 Å². The van der Waals surface area contributed by atoms with Crippen LogP contribution in [0.3, 0.4) is 0 Å². The second-order valence-corrected chi connectivity index (χ2v) is 6.06. The predicted molar refractivity (Wildman–Crippen MR) is 123 cm³/mol. The molecule has 0 spiro atoms. The molecule has 1 aliphatic rings. The zero-order valence-electron chi connectivity index (χ0n) is 19.6. The van der Waals surface area contributed by atoms with Crippen molar-refractivity contribution in [2.75, 3.05) is 7.11 Å². The highest BCUT2D eigenvalue weighted by atomic mass is 16.6. The first-order chi connectivity index (χ1) is 14.2. The topological polar surface area (TPSA) is 39.1 Å². The Morgan fingerprint density at radius 3 is 2.17 bits per heavy atom. The quantitative estimate of drug-likeness (QED) is 0.458. The van der Waals surface area contributed by atoms with Crippen molar-refractivity contribution < 1.29 is 9.47 Å². The first kappa shape index (κ1) is 24.7. The molecule has 1 aromatic carbocycles. The maximum absolute atomic E-state index is 5.86. The standard InChI is InChI=1S/C19H20N2O2.3C2H6/c1-12-13(2)21-10-9-15(18(22-3)19(21)20-12)11-16-17(23-16)14-7-5-4-6-8-14;3*1-2/h4-10,16-17H,11H2,1-3H3;3*1-2H3. The number of ether oxygens (including phenoxy) is 2. The van der Waals surface area contributed by atoms with Gasteiger partial charge in [-0.25, -0.2) is 4.98 Å². The van der Waals surface area contributed by atoms with E-state index in [1.165, 1.54) is 5.56 Å². The Bertz CT molecular complexity index is 856. The Morgan fingerprint density at radius 1 is 0.966 bits per heavy atom. The molecular formula is C25H38N2O2. The molecule has 3 heterocycles. The van der Waals surface area contributed by atoms with E-state index in [0.717, 1.165) is 34.8 Å². The monoisotopic (exact) mass is 398 g/mol. The molecule has 0 saturated carbocycles. The largest absolute Gasteiger partial charge is 0.493 e. The molecule has 1 fully saturated rings. The molecule has 4 heteroatoms. The van der Waals surface area contributed by atoms with Gasteiger partial charge in [0.05, 0.1) is 18.9 Å². The highest BCUT2D eigenvalue weighted by molar-refractivity contribution is 5.60. The SMILES string of the molecule is CC.CC.CC.COc1c(CC2OC2c2ccccc2)ccn2c(C)c(C)nc12. The first-order valence-corrected chi connectivity index (χ1v) is 10.9. The van der Waals surface area contributed by atoms with Gasteiger partial charge in [-0.1, -0.05) is 71.9 Å². The Kier molecular flexibility index (Phi) is 10.5. The number of imidazole rings is 1. The predicted octanol–water partition coefficient (Wildman–Crippen LogP) is 6.72. The number of aryl methyl sites for hydroxylation is 2. The Balaban J connectivity index is 0.000000644. The van der Waals surface area contributed by atoms with E-state index >= 15 is 0 Å². The van der Waals surface area contributed by atoms with Crippen LogP contribution in [0, 0.1) is 13.8 Å². The highest BCUT2D eigenvalue weighted by Crippen LogP contribution is 2.42. The van der Waals surface area contributed by atoms with Gasteiger partial charge in [0.2, 0.25) is 0 Å². The summed E-state index contributed by atoms with van der Waals surface area (Å²) in [6.45, 7) is 16.1. The van der Waals surface area contributed by atoms with E-state index in [1.54, 1.807) is 7.11 Å². The van der Waals surface area contributed by atoms with Gasteiger partial charge >= 0.3 is 0 Å². The van der Waals surface area contributed by atoms with Crippen molar-refractivity contribution in [3.63, 3.8) is 0 Å². The van der Waals surface area contributed by atoms with Gasteiger partial charge in [0.1, 0.15) is 6.10 Å². The van der Waals surface area contributed by atoms with E-state index in [-0.39, 0.29) is 12.2 Å². The molecule has 4 rings (SSSR count). The van der Waals surface area contributed by atoms with Crippen molar-refractivity contribution in [3.05, 3.63) is 65.1 Å². The van der Waals surface area contributed by atoms with Gasteiger partial charge in [-0.3, -0.25) is 0 Å².